The van der Waals surface area contributed by atoms with Gasteiger partial charge in [0.25, 0.3) is 5.91 Å². The van der Waals surface area contributed by atoms with Crippen molar-refractivity contribution < 1.29 is 50.9 Å². The number of alkyl halides is 6. The number of rotatable bonds is 1. The van der Waals surface area contributed by atoms with E-state index in [4.69, 9.17) is 19.8 Å². The van der Waals surface area contributed by atoms with E-state index in [9.17, 15) is 31.1 Å². The minimum absolute atomic E-state index is 0.129. The van der Waals surface area contributed by atoms with Gasteiger partial charge in [-0.15, -0.1) is 0 Å². The van der Waals surface area contributed by atoms with Crippen LogP contribution in [-0.4, -0.2) is 71.5 Å². The molecule has 0 unspecified atom stereocenters. The van der Waals surface area contributed by atoms with Gasteiger partial charge in [-0.3, -0.25) is 4.79 Å². The highest BCUT2D eigenvalue weighted by atomic mass is 79.9. The highest BCUT2D eigenvalue weighted by Crippen LogP contribution is 2.14. The Balaban J connectivity index is 0.000000473. The molecule has 1 saturated heterocycles. The van der Waals surface area contributed by atoms with E-state index in [1.807, 2.05) is 29.2 Å². The lowest BCUT2D eigenvalue weighted by Gasteiger charge is -2.27. The van der Waals surface area contributed by atoms with Crippen molar-refractivity contribution in [3.63, 3.8) is 0 Å². The second kappa shape index (κ2) is 11.6. The summed E-state index contributed by atoms with van der Waals surface area (Å²) >= 11 is 3.36. The van der Waals surface area contributed by atoms with Crippen molar-refractivity contribution in [2.24, 2.45) is 0 Å². The van der Waals surface area contributed by atoms with Gasteiger partial charge in [0.15, 0.2) is 0 Å². The number of carbonyl (C=O) groups excluding carboxylic acids is 1. The summed E-state index contributed by atoms with van der Waals surface area (Å²) in [5.74, 6) is -5.39. The molecule has 1 aliphatic rings. The monoisotopic (exact) mass is 496 g/mol. The number of hydrogen-bond donors (Lipinski definition) is 3. The number of aliphatic carboxylic acids is 2. The van der Waals surface area contributed by atoms with Gasteiger partial charge in [0.2, 0.25) is 0 Å². The first kappa shape index (κ1) is 26.6. The highest BCUT2D eigenvalue weighted by molar-refractivity contribution is 9.10. The number of benzene rings is 1. The Bertz CT molecular complexity index is 664. The van der Waals surface area contributed by atoms with Crippen LogP contribution in [0, 0.1) is 0 Å². The van der Waals surface area contributed by atoms with Crippen molar-refractivity contribution in [3.05, 3.63) is 34.3 Å². The molecule has 1 aromatic rings. The average molecular weight is 497 g/mol. The molecule has 0 aromatic heterocycles. The van der Waals surface area contributed by atoms with Crippen molar-refractivity contribution in [1.82, 2.24) is 10.2 Å². The minimum atomic E-state index is -5.08. The van der Waals surface area contributed by atoms with Gasteiger partial charge in [0.1, 0.15) is 0 Å². The van der Waals surface area contributed by atoms with Gasteiger partial charge in [-0.25, -0.2) is 9.59 Å². The van der Waals surface area contributed by atoms with E-state index in [1.54, 1.807) is 0 Å². The van der Waals surface area contributed by atoms with Crippen LogP contribution in [0.2, 0.25) is 0 Å². The lowest BCUT2D eigenvalue weighted by atomic mass is 10.2. The van der Waals surface area contributed by atoms with Crippen molar-refractivity contribution >= 4 is 33.8 Å². The number of nitrogens with zero attached hydrogens (tertiary/aromatic N) is 1. The molecule has 0 radical (unpaired) electrons. The molecular weight excluding hydrogens is 482 g/mol. The molecule has 1 aliphatic heterocycles. The van der Waals surface area contributed by atoms with Gasteiger partial charge >= 0.3 is 24.3 Å². The molecule has 0 atom stereocenters. The summed E-state index contributed by atoms with van der Waals surface area (Å²) in [4.78, 5) is 31.7. The Morgan fingerprint density at radius 1 is 0.862 bits per heavy atom. The summed E-state index contributed by atoms with van der Waals surface area (Å²) in [5, 5.41) is 17.5. The van der Waals surface area contributed by atoms with E-state index in [1.165, 1.54) is 0 Å². The first-order valence-electron chi connectivity index (χ1n) is 7.52. The molecule has 1 heterocycles. The highest BCUT2D eigenvalue weighted by Gasteiger charge is 2.38. The minimum Gasteiger partial charge on any atom is -0.475 e. The predicted octanol–water partition coefficient (Wildman–Crippen LogP) is 2.76. The van der Waals surface area contributed by atoms with Gasteiger partial charge in [-0.05, 0) is 24.3 Å². The molecule has 0 saturated carbocycles. The largest absolute Gasteiger partial charge is 0.490 e. The molecule has 0 bridgehead atoms. The van der Waals surface area contributed by atoms with Crippen LogP contribution in [0.15, 0.2) is 28.7 Å². The summed E-state index contributed by atoms with van der Waals surface area (Å²) in [5.41, 5.74) is 0.764. The molecule has 0 aliphatic carbocycles. The van der Waals surface area contributed by atoms with Gasteiger partial charge in [0, 0.05) is 36.2 Å². The lowest BCUT2D eigenvalue weighted by molar-refractivity contribution is -0.193. The summed E-state index contributed by atoms with van der Waals surface area (Å²) in [6.07, 6.45) is -10.2. The maximum absolute atomic E-state index is 12.0. The zero-order valence-electron chi connectivity index (χ0n) is 14.3. The fourth-order valence-corrected chi connectivity index (χ4v) is 1.91. The zero-order chi connectivity index (χ0) is 22.8. The molecule has 7 nitrogen and oxygen atoms in total. The number of amides is 1. The molecule has 1 aromatic carbocycles. The Hall–Kier alpha value is -2.35. The molecule has 0 spiro atoms. The SMILES string of the molecule is O=C(O)C(F)(F)F.O=C(O)C(F)(F)F.O=C(c1ccc(Br)cc1)N1CCNCC1. The summed E-state index contributed by atoms with van der Waals surface area (Å²) < 4.78 is 64.5. The Morgan fingerprint density at radius 2 is 1.21 bits per heavy atom. The van der Waals surface area contributed by atoms with Crippen LogP contribution in [0.3, 0.4) is 0 Å². The van der Waals surface area contributed by atoms with Gasteiger partial charge < -0.3 is 20.4 Å². The number of halogens is 7. The van der Waals surface area contributed by atoms with Crippen LogP contribution in [0.1, 0.15) is 10.4 Å². The third-order valence-corrected chi connectivity index (χ3v) is 3.51. The molecule has 2 rings (SSSR count). The van der Waals surface area contributed by atoms with E-state index >= 15 is 0 Å². The van der Waals surface area contributed by atoms with Crippen molar-refractivity contribution in [3.8, 4) is 0 Å². The van der Waals surface area contributed by atoms with E-state index < -0.39 is 24.3 Å². The van der Waals surface area contributed by atoms with E-state index in [0.717, 1.165) is 36.2 Å². The number of carbonyl (C=O) groups is 3. The first-order chi connectivity index (χ1) is 13.2. The van der Waals surface area contributed by atoms with E-state index in [2.05, 4.69) is 21.2 Å². The van der Waals surface area contributed by atoms with Crippen LogP contribution in [0.25, 0.3) is 0 Å². The molecule has 3 N–H and O–H groups in total. The Morgan fingerprint density at radius 3 is 1.52 bits per heavy atom. The van der Waals surface area contributed by atoms with Crippen molar-refractivity contribution in [2.75, 3.05) is 26.2 Å². The lowest BCUT2D eigenvalue weighted by Crippen LogP contribution is -2.46. The van der Waals surface area contributed by atoms with Crippen LogP contribution >= 0.6 is 15.9 Å². The van der Waals surface area contributed by atoms with Crippen molar-refractivity contribution in [2.45, 2.75) is 12.4 Å². The third-order valence-electron chi connectivity index (χ3n) is 2.98. The summed E-state index contributed by atoms with van der Waals surface area (Å²) in [7, 11) is 0. The van der Waals surface area contributed by atoms with Gasteiger partial charge in [0.05, 0.1) is 0 Å². The standard InChI is InChI=1S/C11H13BrN2O.2C2HF3O2/c12-10-3-1-9(2-4-10)11(15)14-7-5-13-6-8-14;2*3-2(4,5)1(6)7/h1-4,13H,5-8H2;2*(H,6,7). The van der Waals surface area contributed by atoms with Crippen LogP contribution in [0.4, 0.5) is 26.3 Å². The maximum atomic E-state index is 12.0. The number of hydrogen-bond acceptors (Lipinski definition) is 4. The molecule has 1 fully saturated rings. The Kier molecular flexibility index (Phi) is 10.7. The number of carboxylic acids is 2. The van der Waals surface area contributed by atoms with Crippen LogP contribution in [-0.2, 0) is 9.59 Å². The summed E-state index contributed by atoms with van der Waals surface area (Å²) in [6, 6.07) is 7.51. The Labute approximate surface area is 168 Å². The maximum Gasteiger partial charge on any atom is 0.490 e. The molecule has 164 valence electrons. The average Bonchev–Trinajstić information content (AvgIpc) is 2.62. The number of carboxylic acid groups (broad SMARTS) is 2. The van der Waals surface area contributed by atoms with Gasteiger partial charge in [-0.2, -0.15) is 26.3 Å². The number of nitrogens with one attached hydrogen (secondary N) is 1. The molecule has 14 heteroatoms. The second-order valence-corrected chi connectivity index (χ2v) is 6.07. The first-order valence-corrected chi connectivity index (χ1v) is 8.31. The van der Waals surface area contributed by atoms with Crippen LogP contribution in [0.5, 0.6) is 0 Å². The number of piperazine rings is 1. The van der Waals surface area contributed by atoms with E-state index in [0.29, 0.717) is 0 Å². The quantitative estimate of drug-likeness (QED) is 0.516. The predicted molar refractivity (Wildman–Crippen MR) is 90.3 cm³/mol. The molecular formula is C15H15BrF6N2O5. The zero-order valence-corrected chi connectivity index (χ0v) is 15.9. The summed E-state index contributed by atoms with van der Waals surface area (Å²) in [6.45, 7) is 3.38. The van der Waals surface area contributed by atoms with E-state index in [-0.39, 0.29) is 5.91 Å². The smallest absolute Gasteiger partial charge is 0.475 e. The van der Waals surface area contributed by atoms with Crippen LogP contribution < -0.4 is 5.32 Å². The second-order valence-electron chi connectivity index (χ2n) is 5.15. The topological polar surface area (TPSA) is 107 Å². The molecule has 1 amide bonds. The fourth-order valence-electron chi connectivity index (χ4n) is 1.64. The van der Waals surface area contributed by atoms with Crippen molar-refractivity contribution in [1.29, 1.82) is 0 Å². The third kappa shape index (κ3) is 11.3. The fraction of sp³-hybridized carbons (Fsp3) is 0.400. The van der Waals surface area contributed by atoms with Gasteiger partial charge in [-0.1, -0.05) is 15.9 Å². The molecule has 29 heavy (non-hydrogen) atoms. The normalized spacial score (nSPS) is 14.0.